The number of rotatable bonds is 9. The number of nitrogens with one attached hydrogen (secondary N) is 1. The summed E-state index contributed by atoms with van der Waals surface area (Å²) in [5.74, 6) is 1.28. The van der Waals surface area contributed by atoms with Crippen molar-refractivity contribution < 1.29 is 0 Å². The fraction of sp³-hybridized carbons (Fsp3) is 0.857. The van der Waals surface area contributed by atoms with Crippen molar-refractivity contribution in [2.75, 3.05) is 13.1 Å². The Bertz CT molecular complexity index is 323. The molecule has 0 aromatic carbocycles. The number of hydrogen-bond donors (Lipinski definition) is 1. The first-order valence-corrected chi connectivity index (χ1v) is 7.98. The molecule has 104 valence electrons. The number of unbranched alkanes of at least 4 members (excludes halogenated alkanes) is 1. The summed E-state index contributed by atoms with van der Waals surface area (Å²) in [7, 11) is 0. The van der Waals surface area contributed by atoms with E-state index in [0.29, 0.717) is 11.8 Å². The molecule has 0 saturated carbocycles. The highest BCUT2D eigenvalue weighted by Crippen LogP contribution is 2.24. The second-order valence-electron chi connectivity index (χ2n) is 5.43. The molecule has 0 aliphatic rings. The molecule has 0 saturated heterocycles. The van der Waals surface area contributed by atoms with Gasteiger partial charge in [-0.3, -0.25) is 0 Å². The first-order valence-electron chi connectivity index (χ1n) is 7.16. The van der Waals surface area contributed by atoms with Crippen molar-refractivity contribution in [2.24, 2.45) is 5.92 Å². The first-order chi connectivity index (χ1) is 8.63. The highest BCUT2D eigenvalue weighted by Gasteiger charge is 2.11. The summed E-state index contributed by atoms with van der Waals surface area (Å²) in [5.41, 5.74) is 0. The number of hydrogen-bond acceptors (Lipinski definition) is 4. The van der Waals surface area contributed by atoms with Gasteiger partial charge in [-0.05, 0) is 18.9 Å². The Balaban J connectivity index is 2.29. The minimum Gasteiger partial charge on any atom is -0.316 e. The SMILES string of the molecule is CCCCC(C)c1nnc(CCNCC(C)C)s1. The molecule has 1 aromatic heterocycles. The molecule has 0 aliphatic heterocycles. The van der Waals surface area contributed by atoms with Gasteiger partial charge < -0.3 is 5.32 Å². The van der Waals surface area contributed by atoms with E-state index in [1.807, 2.05) is 0 Å². The first kappa shape index (κ1) is 15.6. The van der Waals surface area contributed by atoms with Crippen LogP contribution in [0.4, 0.5) is 0 Å². The summed E-state index contributed by atoms with van der Waals surface area (Å²) in [4.78, 5) is 0. The maximum atomic E-state index is 4.32. The Labute approximate surface area is 115 Å². The lowest BCUT2D eigenvalue weighted by atomic mass is 10.1. The van der Waals surface area contributed by atoms with Crippen molar-refractivity contribution in [2.45, 2.75) is 59.3 Å². The van der Waals surface area contributed by atoms with E-state index in [1.54, 1.807) is 11.3 Å². The number of aromatic nitrogens is 2. The molecule has 0 amide bonds. The summed E-state index contributed by atoms with van der Waals surface area (Å²) in [5, 5.41) is 14.4. The van der Waals surface area contributed by atoms with Gasteiger partial charge in [-0.2, -0.15) is 0 Å². The van der Waals surface area contributed by atoms with Gasteiger partial charge >= 0.3 is 0 Å². The lowest BCUT2D eigenvalue weighted by Gasteiger charge is -2.05. The van der Waals surface area contributed by atoms with Crippen LogP contribution in [-0.4, -0.2) is 23.3 Å². The summed E-state index contributed by atoms with van der Waals surface area (Å²) in [6.07, 6.45) is 4.78. The molecular formula is C14H27N3S. The van der Waals surface area contributed by atoms with Crippen molar-refractivity contribution in [3.05, 3.63) is 10.0 Å². The van der Waals surface area contributed by atoms with Crippen molar-refractivity contribution in [3.63, 3.8) is 0 Å². The Morgan fingerprint density at radius 1 is 1.22 bits per heavy atom. The van der Waals surface area contributed by atoms with Gasteiger partial charge in [0.15, 0.2) is 0 Å². The molecule has 0 fully saturated rings. The predicted molar refractivity (Wildman–Crippen MR) is 79.3 cm³/mol. The minimum atomic E-state index is 0.569. The van der Waals surface area contributed by atoms with Crippen LogP contribution in [0.1, 0.15) is 62.9 Å². The lowest BCUT2D eigenvalue weighted by Crippen LogP contribution is -2.22. The smallest absolute Gasteiger partial charge is 0.120 e. The highest BCUT2D eigenvalue weighted by atomic mass is 32.1. The zero-order valence-corrected chi connectivity index (χ0v) is 13.0. The maximum Gasteiger partial charge on any atom is 0.120 e. The fourth-order valence-electron chi connectivity index (χ4n) is 1.79. The predicted octanol–water partition coefficient (Wildman–Crippen LogP) is 3.62. The third-order valence-electron chi connectivity index (χ3n) is 2.96. The van der Waals surface area contributed by atoms with Crippen LogP contribution in [0.25, 0.3) is 0 Å². The van der Waals surface area contributed by atoms with E-state index < -0.39 is 0 Å². The molecule has 4 heteroatoms. The van der Waals surface area contributed by atoms with Crippen LogP contribution >= 0.6 is 11.3 Å². The molecule has 1 N–H and O–H groups in total. The van der Waals surface area contributed by atoms with Crippen LogP contribution in [0, 0.1) is 5.92 Å². The molecule has 1 aromatic rings. The normalized spacial score (nSPS) is 13.2. The van der Waals surface area contributed by atoms with Crippen LogP contribution in [-0.2, 0) is 6.42 Å². The van der Waals surface area contributed by atoms with E-state index in [2.05, 4.69) is 43.2 Å². The molecule has 3 nitrogen and oxygen atoms in total. The summed E-state index contributed by atoms with van der Waals surface area (Å²) < 4.78 is 0. The molecule has 0 spiro atoms. The van der Waals surface area contributed by atoms with Crippen molar-refractivity contribution in [1.29, 1.82) is 0 Å². The van der Waals surface area contributed by atoms with E-state index >= 15 is 0 Å². The van der Waals surface area contributed by atoms with Gasteiger partial charge in [0.25, 0.3) is 0 Å². The molecule has 0 bridgehead atoms. The van der Waals surface area contributed by atoms with E-state index in [-0.39, 0.29) is 0 Å². The zero-order chi connectivity index (χ0) is 13.4. The van der Waals surface area contributed by atoms with Gasteiger partial charge in [-0.15, -0.1) is 21.5 Å². The van der Waals surface area contributed by atoms with E-state index in [9.17, 15) is 0 Å². The summed E-state index contributed by atoms with van der Waals surface area (Å²) in [6, 6.07) is 0. The van der Waals surface area contributed by atoms with E-state index in [1.165, 1.54) is 29.3 Å². The Kier molecular flexibility index (Phi) is 7.44. The summed E-state index contributed by atoms with van der Waals surface area (Å²) in [6.45, 7) is 11.0. The van der Waals surface area contributed by atoms with Gasteiger partial charge in [0.05, 0.1) is 0 Å². The Morgan fingerprint density at radius 3 is 2.67 bits per heavy atom. The van der Waals surface area contributed by atoms with Crippen LogP contribution in [0.3, 0.4) is 0 Å². The van der Waals surface area contributed by atoms with Gasteiger partial charge in [0, 0.05) is 18.9 Å². The number of nitrogens with zero attached hydrogens (tertiary/aromatic N) is 2. The van der Waals surface area contributed by atoms with Gasteiger partial charge in [0.2, 0.25) is 0 Å². The Hall–Kier alpha value is -0.480. The van der Waals surface area contributed by atoms with E-state index in [0.717, 1.165) is 19.5 Å². The monoisotopic (exact) mass is 269 g/mol. The third-order valence-corrected chi connectivity index (χ3v) is 4.18. The molecule has 1 atom stereocenters. The third kappa shape index (κ3) is 5.91. The molecule has 18 heavy (non-hydrogen) atoms. The average Bonchev–Trinajstić information content (AvgIpc) is 2.80. The molecule has 0 aliphatic carbocycles. The van der Waals surface area contributed by atoms with Crippen LogP contribution < -0.4 is 5.32 Å². The molecule has 1 rings (SSSR count). The molecular weight excluding hydrogens is 242 g/mol. The van der Waals surface area contributed by atoms with Crippen molar-refractivity contribution in [1.82, 2.24) is 15.5 Å². The fourth-order valence-corrected chi connectivity index (χ4v) is 2.71. The second-order valence-corrected chi connectivity index (χ2v) is 6.52. The van der Waals surface area contributed by atoms with Crippen molar-refractivity contribution >= 4 is 11.3 Å². The van der Waals surface area contributed by atoms with Gasteiger partial charge in [-0.1, -0.05) is 40.5 Å². The molecule has 0 radical (unpaired) electrons. The standard InChI is InChI=1S/C14H27N3S/c1-5-6-7-12(4)14-17-16-13(18-14)8-9-15-10-11(2)3/h11-12,15H,5-10H2,1-4H3. The van der Waals surface area contributed by atoms with Gasteiger partial charge in [-0.25, -0.2) is 0 Å². The largest absolute Gasteiger partial charge is 0.316 e. The molecule has 1 unspecified atom stereocenters. The topological polar surface area (TPSA) is 37.8 Å². The maximum absolute atomic E-state index is 4.32. The van der Waals surface area contributed by atoms with Crippen LogP contribution in [0.2, 0.25) is 0 Å². The zero-order valence-electron chi connectivity index (χ0n) is 12.2. The quantitative estimate of drug-likeness (QED) is 0.696. The Morgan fingerprint density at radius 2 is 2.00 bits per heavy atom. The second kappa shape index (κ2) is 8.59. The van der Waals surface area contributed by atoms with Crippen molar-refractivity contribution in [3.8, 4) is 0 Å². The highest BCUT2D eigenvalue weighted by molar-refractivity contribution is 7.11. The molecule has 1 heterocycles. The van der Waals surface area contributed by atoms with E-state index in [4.69, 9.17) is 0 Å². The minimum absolute atomic E-state index is 0.569. The van der Waals surface area contributed by atoms with Crippen LogP contribution in [0.5, 0.6) is 0 Å². The lowest BCUT2D eigenvalue weighted by molar-refractivity contribution is 0.553. The van der Waals surface area contributed by atoms with Crippen LogP contribution in [0.15, 0.2) is 0 Å². The summed E-state index contributed by atoms with van der Waals surface area (Å²) >= 11 is 1.79. The average molecular weight is 269 g/mol. The van der Waals surface area contributed by atoms with Gasteiger partial charge in [0.1, 0.15) is 10.0 Å².